The third-order valence-electron chi connectivity index (χ3n) is 4.84. The third kappa shape index (κ3) is 3.98. The third-order valence-corrected chi connectivity index (χ3v) is 5.94. The molecule has 1 atom stereocenters. The highest BCUT2D eigenvalue weighted by atomic mass is 32.2. The number of anilines is 1. The molecule has 1 aromatic heterocycles. The first kappa shape index (κ1) is 18.0. The molecule has 27 heavy (non-hydrogen) atoms. The van der Waals surface area contributed by atoms with Crippen molar-refractivity contribution in [2.24, 2.45) is 0 Å². The van der Waals surface area contributed by atoms with E-state index in [9.17, 15) is 4.79 Å². The lowest BCUT2D eigenvalue weighted by Gasteiger charge is -2.15. The quantitative estimate of drug-likeness (QED) is 0.488. The first-order chi connectivity index (χ1) is 13.0. The molecule has 1 fully saturated rings. The number of aromatic nitrogens is 2. The summed E-state index contributed by atoms with van der Waals surface area (Å²) < 4.78 is 0. The van der Waals surface area contributed by atoms with Gasteiger partial charge in [0.15, 0.2) is 0 Å². The number of aryl methyl sites for hydroxylation is 2. The van der Waals surface area contributed by atoms with E-state index < -0.39 is 0 Å². The van der Waals surface area contributed by atoms with Gasteiger partial charge in [-0.1, -0.05) is 42.1 Å². The average Bonchev–Trinajstić information content (AvgIpc) is 3.49. The predicted molar refractivity (Wildman–Crippen MR) is 111 cm³/mol. The number of carbonyl (C=O) groups is 1. The van der Waals surface area contributed by atoms with Gasteiger partial charge < -0.3 is 5.32 Å². The molecule has 1 heterocycles. The maximum Gasteiger partial charge on any atom is 0.237 e. The first-order valence-electron chi connectivity index (χ1n) is 9.32. The summed E-state index contributed by atoms with van der Waals surface area (Å²) in [4.78, 5) is 22.3. The largest absolute Gasteiger partial charge is 0.325 e. The molecular weight excluding hydrogens is 354 g/mol. The van der Waals surface area contributed by atoms with Crippen LogP contribution in [0.3, 0.4) is 0 Å². The van der Waals surface area contributed by atoms with Gasteiger partial charge in [0.1, 0.15) is 10.9 Å². The van der Waals surface area contributed by atoms with E-state index in [-0.39, 0.29) is 11.2 Å². The molecule has 1 saturated carbocycles. The maximum absolute atomic E-state index is 12.8. The van der Waals surface area contributed by atoms with Gasteiger partial charge in [-0.3, -0.25) is 4.79 Å². The van der Waals surface area contributed by atoms with Crippen LogP contribution in [0, 0.1) is 13.8 Å². The highest BCUT2D eigenvalue weighted by Gasteiger charge is 2.28. The van der Waals surface area contributed by atoms with Crippen LogP contribution in [0.25, 0.3) is 10.9 Å². The molecule has 4 rings (SSSR count). The van der Waals surface area contributed by atoms with Gasteiger partial charge in [-0.25, -0.2) is 9.97 Å². The minimum absolute atomic E-state index is 0.00985. The zero-order valence-electron chi connectivity index (χ0n) is 15.8. The van der Waals surface area contributed by atoms with Gasteiger partial charge in [0.25, 0.3) is 0 Å². The lowest BCUT2D eigenvalue weighted by atomic mass is 10.1. The van der Waals surface area contributed by atoms with Gasteiger partial charge >= 0.3 is 0 Å². The second-order valence-electron chi connectivity index (χ2n) is 7.25. The number of hydrogen-bond donors (Lipinski definition) is 1. The van der Waals surface area contributed by atoms with Crippen LogP contribution in [0.15, 0.2) is 47.5 Å². The van der Waals surface area contributed by atoms with E-state index in [0.29, 0.717) is 5.92 Å². The highest BCUT2D eigenvalue weighted by Crippen LogP contribution is 2.40. The molecule has 1 unspecified atom stereocenters. The van der Waals surface area contributed by atoms with Crippen molar-refractivity contribution >= 4 is 34.3 Å². The van der Waals surface area contributed by atoms with E-state index >= 15 is 0 Å². The van der Waals surface area contributed by atoms with Gasteiger partial charge in [-0.2, -0.15) is 0 Å². The van der Waals surface area contributed by atoms with Crippen molar-refractivity contribution in [3.63, 3.8) is 0 Å². The Bertz CT molecular complexity index is 1010. The molecule has 0 radical (unpaired) electrons. The van der Waals surface area contributed by atoms with Crippen molar-refractivity contribution in [2.75, 3.05) is 5.32 Å². The zero-order valence-corrected chi connectivity index (χ0v) is 16.6. The van der Waals surface area contributed by atoms with Crippen molar-refractivity contribution in [2.45, 2.75) is 49.8 Å². The van der Waals surface area contributed by atoms with Crippen LogP contribution in [-0.2, 0) is 4.79 Å². The number of hydrogen-bond acceptors (Lipinski definition) is 4. The summed E-state index contributed by atoms with van der Waals surface area (Å²) in [6.45, 7) is 5.96. The Kier molecular flexibility index (Phi) is 4.87. The standard InChI is InChI=1S/C22H23N3OS/c1-13-8-9-14(2)19(12-13)24-21(26)15(3)27-22-17-6-4-5-7-18(17)23-20(25-22)16-10-11-16/h4-9,12,15-16H,10-11H2,1-3H3,(H,24,26). The molecule has 1 aliphatic carbocycles. The van der Waals surface area contributed by atoms with Gasteiger partial charge in [0, 0.05) is 17.0 Å². The molecular formula is C22H23N3OS. The number of fused-ring (bicyclic) bond motifs is 1. The Balaban J connectivity index is 1.57. The Labute approximate surface area is 163 Å². The number of benzene rings is 2. The summed E-state index contributed by atoms with van der Waals surface area (Å²) in [5.41, 5.74) is 4.03. The molecule has 0 aliphatic heterocycles. The Morgan fingerprint density at radius 1 is 1.15 bits per heavy atom. The van der Waals surface area contributed by atoms with E-state index in [4.69, 9.17) is 9.97 Å². The van der Waals surface area contributed by atoms with Crippen molar-refractivity contribution in [1.82, 2.24) is 9.97 Å². The molecule has 0 bridgehead atoms. The van der Waals surface area contributed by atoms with Crippen LogP contribution in [0.1, 0.15) is 42.6 Å². The minimum Gasteiger partial charge on any atom is -0.325 e. The number of rotatable bonds is 5. The fourth-order valence-electron chi connectivity index (χ4n) is 3.00. The molecule has 1 amide bonds. The van der Waals surface area contributed by atoms with Crippen molar-refractivity contribution in [1.29, 1.82) is 0 Å². The molecule has 0 spiro atoms. The SMILES string of the molecule is Cc1ccc(C)c(NC(=O)C(C)Sc2nc(C3CC3)nc3ccccc23)c1. The Morgan fingerprint density at radius 3 is 2.70 bits per heavy atom. The van der Waals surface area contributed by atoms with Crippen LogP contribution in [0.4, 0.5) is 5.69 Å². The Morgan fingerprint density at radius 2 is 1.93 bits per heavy atom. The number of nitrogens with one attached hydrogen (secondary N) is 1. The summed E-state index contributed by atoms with van der Waals surface area (Å²) in [6.07, 6.45) is 2.32. The number of para-hydroxylation sites is 1. The summed E-state index contributed by atoms with van der Waals surface area (Å²) in [7, 11) is 0. The lowest BCUT2D eigenvalue weighted by Crippen LogP contribution is -2.23. The second-order valence-corrected chi connectivity index (χ2v) is 8.58. The minimum atomic E-state index is -0.254. The average molecular weight is 378 g/mol. The van der Waals surface area contributed by atoms with Crippen molar-refractivity contribution in [3.8, 4) is 0 Å². The molecule has 1 aliphatic rings. The molecule has 1 N–H and O–H groups in total. The van der Waals surface area contributed by atoms with Crippen LogP contribution >= 0.6 is 11.8 Å². The smallest absolute Gasteiger partial charge is 0.237 e. The number of carbonyl (C=O) groups excluding carboxylic acids is 1. The summed E-state index contributed by atoms with van der Waals surface area (Å²) >= 11 is 1.51. The van der Waals surface area contributed by atoms with Crippen LogP contribution in [0.2, 0.25) is 0 Å². The molecule has 5 heteroatoms. The van der Waals surface area contributed by atoms with Gasteiger partial charge in [-0.05, 0) is 56.9 Å². The van der Waals surface area contributed by atoms with Gasteiger partial charge in [-0.15, -0.1) is 0 Å². The van der Waals surface area contributed by atoms with E-state index in [0.717, 1.165) is 51.4 Å². The highest BCUT2D eigenvalue weighted by molar-refractivity contribution is 8.00. The zero-order chi connectivity index (χ0) is 19.0. The molecule has 2 aromatic carbocycles. The molecule has 4 nitrogen and oxygen atoms in total. The Hall–Kier alpha value is -2.40. The normalized spacial score (nSPS) is 14.9. The van der Waals surface area contributed by atoms with Crippen LogP contribution < -0.4 is 5.32 Å². The van der Waals surface area contributed by atoms with Crippen LogP contribution in [-0.4, -0.2) is 21.1 Å². The van der Waals surface area contributed by atoms with E-state index in [1.54, 1.807) is 0 Å². The number of thioether (sulfide) groups is 1. The van der Waals surface area contributed by atoms with Crippen LogP contribution in [0.5, 0.6) is 0 Å². The monoisotopic (exact) mass is 377 g/mol. The lowest BCUT2D eigenvalue weighted by molar-refractivity contribution is -0.115. The fourth-order valence-corrected chi connectivity index (χ4v) is 3.95. The predicted octanol–water partition coefficient (Wildman–Crippen LogP) is 5.24. The number of amides is 1. The van der Waals surface area contributed by atoms with E-state index in [1.807, 2.05) is 57.2 Å². The number of nitrogens with zero attached hydrogens (tertiary/aromatic N) is 2. The van der Waals surface area contributed by atoms with Gasteiger partial charge in [0.05, 0.1) is 10.8 Å². The molecule has 138 valence electrons. The van der Waals surface area contributed by atoms with Crippen molar-refractivity contribution in [3.05, 3.63) is 59.4 Å². The topological polar surface area (TPSA) is 54.9 Å². The molecule has 3 aromatic rings. The van der Waals surface area contributed by atoms with E-state index in [1.165, 1.54) is 11.8 Å². The first-order valence-corrected chi connectivity index (χ1v) is 10.2. The summed E-state index contributed by atoms with van der Waals surface area (Å²) in [5.74, 6) is 1.38. The van der Waals surface area contributed by atoms with Crippen molar-refractivity contribution < 1.29 is 4.79 Å². The summed E-state index contributed by atoms with van der Waals surface area (Å²) in [6, 6.07) is 14.1. The molecule has 0 saturated heterocycles. The maximum atomic E-state index is 12.8. The van der Waals surface area contributed by atoms with Gasteiger partial charge in [0.2, 0.25) is 5.91 Å². The van der Waals surface area contributed by atoms with E-state index in [2.05, 4.69) is 11.4 Å². The second kappa shape index (κ2) is 7.31. The summed E-state index contributed by atoms with van der Waals surface area (Å²) in [5, 5.41) is 4.72. The fraction of sp³-hybridized carbons (Fsp3) is 0.318.